The number of halogens is 2. The quantitative estimate of drug-likeness (QED) is 0.354. The van der Waals surface area contributed by atoms with Gasteiger partial charge in [0.25, 0.3) is 0 Å². The van der Waals surface area contributed by atoms with E-state index >= 15 is 0 Å². The second kappa shape index (κ2) is 11.1. The molecule has 0 radical (unpaired) electrons. The minimum atomic E-state index is 0.192. The highest BCUT2D eigenvalue weighted by Gasteiger charge is 2.07. The number of hydrogen-bond donors (Lipinski definition) is 0. The van der Waals surface area contributed by atoms with Crippen molar-refractivity contribution in [3.05, 3.63) is 57.5 Å². The van der Waals surface area contributed by atoms with Crippen molar-refractivity contribution < 1.29 is 9.47 Å². The zero-order valence-electron chi connectivity index (χ0n) is 15.3. The third kappa shape index (κ3) is 7.37. The van der Waals surface area contributed by atoms with Crippen molar-refractivity contribution in [2.45, 2.75) is 49.5 Å². The lowest BCUT2D eigenvalue weighted by Crippen LogP contribution is -2.04. The molecule has 0 aliphatic rings. The first-order valence-corrected chi connectivity index (χ1v) is 11.1. The molecule has 26 heavy (non-hydrogen) atoms. The van der Waals surface area contributed by atoms with Crippen molar-refractivity contribution in [2.75, 3.05) is 6.61 Å². The van der Waals surface area contributed by atoms with Gasteiger partial charge in [-0.2, -0.15) is 0 Å². The molecule has 2 aromatic carbocycles. The highest BCUT2D eigenvalue weighted by molar-refractivity contribution is 9.28. The van der Waals surface area contributed by atoms with Gasteiger partial charge in [0.2, 0.25) is 0 Å². The molecule has 0 amide bonds. The number of hydrogen-bond acceptors (Lipinski definition) is 3. The van der Waals surface area contributed by atoms with Gasteiger partial charge in [-0.1, -0.05) is 25.1 Å². The summed E-state index contributed by atoms with van der Waals surface area (Å²) in [6, 6.07) is 14.7. The summed E-state index contributed by atoms with van der Waals surface area (Å²) in [6.45, 7) is 6.79. The van der Waals surface area contributed by atoms with Gasteiger partial charge in [0.1, 0.15) is 18.1 Å². The molecule has 0 fully saturated rings. The van der Waals surface area contributed by atoms with Gasteiger partial charge in [-0.3, -0.25) is 0 Å². The van der Waals surface area contributed by atoms with Crippen LogP contribution in [0.5, 0.6) is 11.5 Å². The zero-order valence-corrected chi connectivity index (χ0v) is 19.3. The van der Waals surface area contributed by atoms with E-state index in [9.17, 15) is 0 Å². The fourth-order valence-corrected chi connectivity index (χ4v) is 3.56. The molecule has 0 aliphatic heterocycles. The molecule has 0 aliphatic carbocycles. The highest BCUT2D eigenvalue weighted by Crippen LogP contribution is 2.33. The summed E-state index contributed by atoms with van der Waals surface area (Å²) in [5.41, 5.74) is 1.25. The van der Waals surface area contributed by atoms with Crippen molar-refractivity contribution >= 4 is 43.6 Å². The van der Waals surface area contributed by atoms with E-state index in [1.54, 1.807) is 11.8 Å². The van der Waals surface area contributed by atoms with E-state index in [0.29, 0.717) is 6.61 Å². The van der Waals surface area contributed by atoms with Crippen LogP contribution in [0, 0.1) is 0 Å². The lowest BCUT2D eigenvalue weighted by Gasteiger charge is -2.12. The molecule has 0 saturated carbocycles. The van der Waals surface area contributed by atoms with Gasteiger partial charge in [-0.05, 0) is 106 Å². The van der Waals surface area contributed by atoms with Gasteiger partial charge < -0.3 is 9.47 Å². The van der Waals surface area contributed by atoms with Crippen molar-refractivity contribution in [1.82, 2.24) is 0 Å². The number of rotatable bonds is 9. The van der Waals surface area contributed by atoms with Crippen LogP contribution in [0.1, 0.15) is 32.8 Å². The SMILES string of the molecule is CCCc1cc(Sc2ccc(OC(C)C)cc2)ccc1OCC=C(Br)Br. The van der Waals surface area contributed by atoms with Crippen LogP contribution in [0.2, 0.25) is 0 Å². The lowest BCUT2D eigenvalue weighted by molar-refractivity contribution is 0.242. The van der Waals surface area contributed by atoms with Gasteiger partial charge in [0.15, 0.2) is 0 Å². The molecular formula is C21H24Br2O2S. The normalized spacial score (nSPS) is 10.7. The van der Waals surface area contributed by atoms with E-state index in [1.165, 1.54) is 15.4 Å². The molecule has 0 heterocycles. The van der Waals surface area contributed by atoms with Crippen LogP contribution in [0.25, 0.3) is 0 Å². The van der Waals surface area contributed by atoms with E-state index in [4.69, 9.17) is 9.47 Å². The Kier molecular flexibility index (Phi) is 9.09. The van der Waals surface area contributed by atoms with E-state index in [-0.39, 0.29) is 6.10 Å². The highest BCUT2D eigenvalue weighted by atomic mass is 79.9. The van der Waals surface area contributed by atoms with Gasteiger partial charge in [-0.15, -0.1) is 0 Å². The lowest BCUT2D eigenvalue weighted by atomic mass is 10.1. The van der Waals surface area contributed by atoms with Crippen LogP contribution in [0.15, 0.2) is 61.7 Å². The maximum Gasteiger partial charge on any atom is 0.123 e. The van der Waals surface area contributed by atoms with E-state index in [1.807, 2.05) is 32.1 Å². The van der Waals surface area contributed by atoms with Crippen molar-refractivity contribution in [3.63, 3.8) is 0 Å². The largest absolute Gasteiger partial charge is 0.491 e. The molecule has 0 saturated heterocycles. The fourth-order valence-electron chi connectivity index (χ4n) is 2.41. The minimum absolute atomic E-state index is 0.192. The van der Waals surface area contributed by atoms with E-state index in [2.05, 4.69) is 69.1 Å². The Morgan fingerprint density at radius 3 is 2.38 bits per heavy atom. The average molecular weight is 500 g/mol. The van der Waals surface area contributed by atoms with Crippen LogP contribution in [0.4, 0.5) is 0 Å². The standard InChI is InChI=1S/C21H24Br2O2S/c1-4-5-16-14-19(10-11-20(16)24-13-12-21(22)23)26-18-8-6-17(7-9-18)25-15(2)3/h6-12,14-15H,4-5,13H2,1-3H3. The molecule has 0 aromatic heterocycles. The monoisotopic (exact) mass is 498 g/mol. The van der Waals surface area contributed by atoms with E-state index < -0.39 is 0 Å². The topological polar surface area (TPSA) is 18.5 Å². The fraction of sp³-hybridized carbons (Fsp3) is 0.333. The van der Waals surface area contributed by atoms with Crippen LogP contribution in [-0.2, 0) is 6.42 Å². The minimum Gasteiger partial charge on any atom is -0.491 e. The van der Waals surface area contributed by atoms with E-state index in [0.717, 1.165) is 27.7 Å². The Bertz CT molecular complexity index is 723. The van der Waals surface area contributed by atoms with Crippen LogP contribution < -0.4 is 9.47 Å². The maximum atomic E-state index is 5.90. The molecule has 5 heteroatoms. The Morgan fingerprint density at radius 2 is 1.77 bits per heavy atom. The Labute approximate surface area is 177 Å². The predicted molar refractivity (Wildman–Crippen MR) is 118 cm³/mol. The summed E-state index contributed by atoms with van der Waals surface area (Å²) >= 11 is 8.45. The summed E-state index contributed by atoms with van der Waals surface area (Å²) in [7, 11) is 0. The molecule has 2 rings (SSSR count). The molecule has 0 spiro atoms. The third-order valence-corrected chi connectivity index (χ3v) is 5.10. The van der Waals surface area contributed by atoms with Crippen molar-refractivity contribution in [1.29, 1.82) is 0 Å². The molecule has 2 aromatic rings. The van der Waals surface area contributed by atoms with Crippen LogP contribution >= 0.6 is 43.6 Å². The first-order valence-electron chi connectivity index (χ1n) is 8.69. The van der Waals surface area contributed by atoms with Gasteiger partial charge in [-0.25, -0.2) is 0 Å². The summed E-state index contributed by atoms with van der Waals surface area (Å²) in [5.74, 6) is 1.86. The smallest absolute Gasteiger partial charge is 0.123 e. The molecule has 0 unspecified atom stereocenters. The number of aryl methyl sites for hydroxylation is 1. The van der Waals surface area contributed by atoms with Crippen molar-refractivity contribution in [3.8, 4) is 11.5 Å². The molecule has 140 valence electrons. The van der Waals surface area contributed by atoms with Gasteiger partial charge >= 0.3 is 0 Å². The molecule has 0 bridgehead atoms. The first kappa shape index (κ1) is 21.4. The maximum absolute atomic E-state index is 5.90. The average Bonchev–Trinajstić information content (AvgIpc) is 2.58. The Morgan fingerprint density at radius 1 is 1.08 bits per heavy atom. The summed E-state index contributed by atoms with van der Waals surface area (Å²) < 4.78 is 12.5. The van der Waals surface area contributed by atoms with Crippen LogP contribution in [-0.4, -0.2) is 12.7 Å². The Hall–Kier alpha value is -0.910. The molecule has 2 nitrogen and oxygen atoms in total. The summed E-state index contributed by atoms with van der Waals surface area (Å²) in [4.78, 5) is 2.42. The Balaban J connectivity index is 2.09. The molecule has 0 atom stereocenters. The second-order valence-corrected chi connectivity index (χ2v) is 9.98. The third-order valence-electron chi connectivity index (χ3n) is 3.46. The summed E-state index contributed by atoms with van der Waals surface area (Å²) in [5, 5.41) is 0. The van der Waals surface area contributed by atoms with Gasteiger partial charge in [0, 0.05) is 9.79 Å². The van der Waals surface area contributed by atoms with Gasteiger partial charge in [0.05, 0.1) is 9.50 Å². The van der Waals surface area contributed by atoms with Crippen LogP contribution in [0.3, 0.4) is 0 Å². The molecular weight excluding hydrogens is 476 g/mol. The van der Waals surface area contributed by atoms with Crippen molar-refractivity contribution in [2.24, 2.45) is 0 Å². The molecule has 0 N–H and O–H groups in total. The number of ether oxygens (including phenoxy) is 2. The first-order chi connectivity index (χ1) is 12.5. The predicted octanol–water partition coefficient (Wildman–Crippen LogP) is 7.59. The number of benzene rings is 2. The second-order valence-electron chi connectivity index (χ2n) is 6.06. The zero-order chi connectivity index (χ0) is 18.9. The summed E-state index contributed by atoms with van der Waals surface area (Å²) in [6.07, 6.45) is 4.23.